The van der Waals surface area contributed by atoms with Crippen LogP contribution in [0.5, 0.6) is 0 Å². The number of rotatable bonds is 22. The summed E-state index contributed by atoms with van der Waals surface area (Å²) in [4.78, 5) is 28.0. The highest BCUT2D eigenvalue weighted by atomic mass is 19.2. The molecule has 0 unspecified atom stereocenters. The van der Waals surface area contributed by atoms with Crippen LogP contribution in [0.15, 0.2) is 10.2 Å². The molecule has 0 heterocycles. The third-order valence-corrected chi connectivity index (χ3v) is 5.78. The van der Waals surface area contributed by atoms with Crippen molar-refractivity contribution in [3.05, 3.63) is 78.6 Å². The standard InChI is InChI=1S/C26H26F8N8O7/c27-15-13(16(28)20(32)23(19(15)31)39-41-35)25(43)37-1-3-45-5-7-47-9-11-49-12-10-48-8-6-46-4-2-38-26(44)14-17(29)21(33)24(40-42-36)22(34)18(14)30/h1-12H2,(H,37,43)(H,38,44). The van der Waals surface area contributed by atoms with Crippen LogP contribution in [0.2, 0.25) is 0 Å². The number of carbonyl (C=O) groups excluding carboxylic acids is 2. The lowest BCUT2D eigenvalue weighted by atomic mass is 10.1. The predicted molar refractivity (Wildman–Crippen MR) is 149 cm³/mol. The van der Waals surface area contributed by atoms with Crippen LogP contribution in [0.1, 0.15) is 20.7 Å². The Bertz CT molecular complexity index is 1410. The molecule has 0 saturated carbocycles. The molecule has 0 fully saturated rings. The second-order valence-corrected chi connectivity index (χ2v) is 8.91. The number of azide groups is 2. The first-order valence-corrected chi connectivity index (χ1v) is 13.8. The van der Waals surface area contributed by atoms with E-state index in [2.05, 4.69) is 20.1 Å². The first-order chi connectivity index (χ1) is 23.5. The van der Waals surface area contributed by atoms with Gasteiger partial charge in [-0.25, -0.2) is 35.1 Å². The van der Waals surface area contributed by atoms with Gasteiger partial charge in [-0.15, -0.1) is 0 Å². The van der Waals surface area contributed by atoms with Crippen LogP contribution in [0.4, 0.5) is 46.5 Å². The Kier molecular flexibility index (Phi) is 17.5. The fraction of sp³-hybridized carbons (Fsp3) is 0.462. The minimum Gasteiger partial charge on any atom is -0.377 e. The second-order valence-electron chi connectivity index (χ2n) is 8.91. The molecule has 2 aromatic rings. The number of halogens is 8. The summed E-state index contributed by atoms with van der Waals surface area (Å²) < 4.78 is 137. The number of benzene rings is 2. The fourth-order valence-corrected chi connectivity index (χ4v) is 3.54. The van der Waals surface area contributed by atoms with Gasteiger partial charge in [-0.2, -0.15) is 0 Å². The largest absolute Gasteiger partial charge is 0.377 e. The van der Waals surface area contributed by atoms with E-state index in [1.54, 1.807) is 0 Å². The van der Waals surface area contributed by atoms with Crippen LogP contribution in [0.25, 0.3) is 20.9 Å². The van der Waals surface area contributed by atoms with Crippen LogP contribution in [0, 0.1) is 46.5 Å². The summed E-state index contributed by atoms with van der Waals surface area (Å²) in [7, 11) is 0. The van der Waals surface area contributed by atoms with E-state index in [9.17, 15) is 44.7 Å². The van der Waals surface area contributed by atoms with Gasteiger partial charge in [0.25, 0.3) is 11.8 Å². The smallest absolute Gasteiger partial charge is 0.257 e. The average molecular weight is 715 g/mol. The van der Waals surface area contributed by atoms with Crippen molar-refractivity contribution in [1.82, 2.24) is 10.6 Å². The van der Waals surface area contributed by atoms with Crippen molar-refractivity contribution in [2.75, 3.05) is 79.2 Å². The van der Waals surface area contributed by atoms with Gasteiger partial charge >= 0.3 is 0 Å². The highest BCUT2D eigenvalue weighted by Gasteiger charge is 2.30. The zero-order valence-corrected chi connectivity index (χ0v) is 25.1. The van der Waals surface area contributed by atoms with Crippen molar-refractivity contribution in [2.24, 2.45) is 10.2 Å². The molecule has 15 nitrogen and oxygen atoms in total. The molecule has 23 heteroatoms. The Morgan fingerprint density at radius 1 is 0.469 bits per heavy atom. The van der Waals surface area contributed by atoms with Crippen LogP contribution in [0.3, 0.4) is 0 Å². The number of amides is 2. The summed E-state index contributed by atoms with van der Waals surface area (Å²) in [5, 5.41) is 9.11. The van der Waals surface area contributed by atoms with E-state index in [4.69, 9.17) is 34.7 Å². The van der Waals surface area contributed by atoms with Gasteiger partial charge in [0.1, 0.15) is 22.5 Å². The van der Waals surface area contributed by atoms with E-state index in [1.165, 1.54) is 0 Å². The van der Waals surface area contributed by atoms with Crippen LogP contribution in [-0.2, 0) is 23.7 Å². The second kappa shape index (κ2) is 21.3. The minimum atomic E-state index is -2.02. The highest BCUT2D eigenvalue weighted by Crippen LogP contribution is 2.31. The molecule has 0 aliphatic heterocycles. The van der Waals surface area contributed by atoms with E-state index >= 15 is 0 Å². The van der Waals surface area contributed by atoms with Gasteiger partial charge in [0.05, 0.1) is 66.1 Å². The van der Waals surface area contributed by atoms with E-state index < -0.39 is 80.9 Å². The lowest BCUT2D eigenvalue weighted by molar-refractivity contribution is -0.0105. The third-order valence-electron chi connectivity index (χ3n) is 5.78. The van der Waals surface area contributed by atoms with Crippen molar-refractivity contribution in [3.8, 4) is 0 Å². The molecule has 49 heavy (non-hydrogen) atoms. The van der Waals surface area contributed by atoms with Gasteiger partial charge < -0.3 is 34.3 Å². The van der Waals surface area contributed by atoms with E-state index in [0.717, 1.165) is 0 Å². The SMILES string of the molecule is [N-]=[N+]=Nc1c(F)c(F)c(C(=O)NCCOCCOCCOCCOCCOCCNC(=O)c2c(F)c(F)c(N=[N+]=[N-])c(F)c2F)c(F)c1F. The number of nitrogens with one attached hydrogen (secondary N) is 2. The topological polar surface area (TPSA) is 202 Å². The minimum absolute atomic E-state index is 0.0619. The van der Waals surface area contributed by atoms with Gasteiger partial charge in [-0.05, 0) is 11.1 Å². The van der Waals surface area contributed by atoms with E-state index in [0.29, 0.717) is 0 Å². The fourth-order valence-electron chi connectivity index (χ4n) is 3.54. The molecule has 2 aromatic carbocycles. The van der Waals surface area contributed by atoms with Crippen molar-refractivity contribution in [1.29, 1.82) is 0 Å². The maximum atomic E-state index is 14.0. The van der Waals surface area contributed by atoms with Crippen LogP contribution in [-0.4, -0.2) is 91.0 Å². The monoisotopic (exact) mass is 714 g/mol. The lowest BCUT2D eigenvalue weighted by Crippen LogP contribution is -2.30. The normalized spacial score (nSPS) is 10.8. The lowest BCUT2D eigenvalue weighted by Gasteiger charge is -2.11. The molecule has 0 aliphatic rings. The van der Waals surface area contributed by atoms with Crippen molar-refractivity contribution < 1.29 is 68.4 Å². The average Bonchev–Trinajstić information content (AvgIpc) is 3.08. The number of carbonyl (C=O) groups is 2. The Hall–Kier alpha value is -4.76. The number of nitrogens with zero attached hydrogens (tertiary/aromatic N) is 6. The van der Waals surface area contributed by atoms with Crippen LogP contribution >= 0.6 is 0 Å². The third kappa shape index (κ3) is 11.7. The van der Waals surface area contributed by atoms with Gasteiger partial charge in [-0.1, -0.05) is 10.2 Å². The zero-order valence-electron chi connectivity index (χ0n) is 25.1. The molecule has 0 saturated heterocycles. The molecule has 268 valence electrons. The molecular weight excluding hydrogens is 688 g/mol. The van der Waals surface area contributed by atoms with Crippen molar-refractivity contribution >= 4 is 23.2 Å². The van der Waals surface area contributed by atoms with Gasteiger partial charge in [0.2, 0.25) is 0 Å². The van der Waals surface area contributed by atoms with Gasteiger partial charge in [0, 0.05) is 22.9 Å². The Morgan fingerprint density at radius 3 is 0.959 bits per heavy atom. The first kappa shape index (κ1) is 40.4. The summed E-state index contributed by atoms with van der Waals surface area (Å²) in [6.45, 7) is 0.308. The molecule has 0 spiro atoms. The van der Waals surface area contributed by atoms with Crippen molar-refractivity contribution in [2.45, 2.75) is 0 Å². The van der Waals surface area contributed by atoms with Gasteiger partial charge in [0.15, 0.2) is 46.5 Å². The molecule has 0 atom stereocenters. The molecule has 2 rings (SSSR count). The Balaban J connectivity index is 1.46. The predicted octanol–water partition coefficient (Wildman–Crippen LogP) is 4.93. The zero-order chi connectivity index (χ0) is 36.3. The number of ether oxygens (including phenoxy) is 5. The Morgan fingerprint density at radius 2 is 0.714 bits per heavy atom. The summed E-state index contributed by atoms with van der Waals surface area (Å²) in [6, 6.07) is 0. The Labute approximate surface area is 270 Å². The van der Waals surface area contributed by atoms with E-state index in [-0.39, 0.29) is 79.2 Å². The molecule has 0 radical (unpaired) electrons. The first-order valence-electron chi connectivity index (χ1n) is 13.8. The molecule has 2 N–H and O–H groups in total. The maximum absolute atomic E-state index is 14.0. The van der Waals surface area contributed by atoms with Gasteiger partial charge in [-0.3, -0.25) is 9.59 Å². The summed E-state index contributed by atoms with van der Waals surface area (Å²) in [5.41, 5.74) is 10.3. The number of hydrogen-bond acceptors (Lipinski definition) is 9. The molecule has 2 amide bonds. The van der Waals surface area contributed by atoms with E-state index in [1.807, 2.05) is 10.6 Å². The molecule has 0 aromatic heterocycles. The highest BCUT2D eigenvalue weighted by molar-refractivity contribution is 5.95. The molecule has 0 aliphatic carbocycles. The maximum Gasteiger partial charge on any atom is 0.257 e. The molecular formula is C26H26F8N8O7. The van der Waals surface area contributed by atoms with Crippen LogP contribution < -0.4 is 10.6 Å². The summed E-state index contributed by atoms with van der Waals surface area (Å²) >= 11 is 0. The quantitative estimate of drug-likeness (QED) is 0.0430. The van der Waals surface area contributed by atoms with Crippen molar-refractivity contribution in [3.63, 3.8) is 0 Å². The summed E-state index contributed by atoms with van der Waals surface area (Å²) in [6.07, 6.45) is 0. The molecule has 0 bridgehead atoms. The summed E-state index contributed by atoms with van der Waals surface area (Å²) in [5.74, 6) is -19.1. The number of hydrogen-bond donors (Lipinski definition) is 2.